The van der Waals surface area contributed by atoms with Gasteiger partial charge in [-0.15, -0.1) is 0 Å². The summed E-state index contributed by atoms with van der Waals surface area (Å²) in [6.45, 7) is -0.108. The molecule has 0 saturated heterocycles. The summed E-state index contributed by atoms with van der Waals surface area (Å²) in [5.74, 6) is 5.45. The predicted octanol–water partition coefficient (Wildman–Crippen LogP) is 1.22. The molecule has 3 heteroatoms. The van der Waals surface area contributed by atoms with Gasteiger partial charge < -0.3 is 9.67 Å². The van der Waals surface area contributed by atoms with Crippen molar-refractivity contribution < 1.29 is 5.11 Å². The quantitative estimate of drug-likeness (QED) is 0.699. The number of benzene rings is 1. The van der Waals surface area contributed by atoms with Gasteiger partial charge in [-0.1, -0.05) is 11.8 Å². The van der Waals surface area contributed by atoms with Crippen LogP contribution in [0.5, 0.6) is 0 Å². The molecule has 1 aromatic carbocycles. The summed E-state index contributed by atoms with van der Waals surface area (Å²) in [7, 11) is 0. The average Bonchev–Trinajstić information content (AvgIpc) is 2.80. The van der Waals surface area contributed by atoms with Gasteiger partial charge in [-0.25, -0.2) is 4.98 Å². The maximum absolute atomic E-state index is 8.55. The van der Waals surface area contributed by atoms with Crippen LogP contribution >= 0.6 is 0 Å². The Hall–Kier alpha value is -2.05. The van der Waals surface area contributed by atoms with E-state index < -0.39 is 0 Å². The Morgan fingerprint density at radius 3 is 2.67 bits per heavy atom. The van der Waals surface area contributed by atoms with Crippen molar-refractivity contribution in [2.45, 2.75) is 0 Å². The topological polar surface area (TPSA) is 38.0 Å². The Morgan fingerprint density at radius 2 is 2.07 bits per heavy atom. The van der Waals surface area contributed by atoms with E-state index in [4.69, 9.17) is 5.11 Å². The van der Waals surface area contributed by atoms with E-state index in [0.29, 0.717) is 0 Å². The summed E-state index contributed by atoms with van der Waals surface area (Å²) in [6, 6.07) is 7.75. The Balaban J connectivity index is 2.25. The molecule has 0 aliphatic heterocycles. The minimum absolute atomic E-state index is 0.108. The van der Waals surface area contributed by atoms with Crippen LogP contribution in [0.25, 0.3) is 5.69 Å². The van der Waals surface area contributed by atoms with Crippen molar-refractivity contribution in [3.63, 3.8) is 0 Å². The van der Waals surface area contributed by atoms with Gasteiger partial charge in [-0.2, -0.15) is 0 Å². The maximum Gasteiger partial charge on any atom is 0.104 e. The lowest BCUT2D eigenvalue weighted by atomic mass is 10.2. The smallest absolute Gasteiger partial charge is 0.104 e. The lowest BCUT2D eigenvalue weighted by molar-refractivity contribution is 0.350. The molecule has 1 aromatic heterocycles. The van der Waals surface area contributed by atoms with E-state index in [1.807, 2.05) is 35.0 Å². The molecule has 2 rings (SSSR count). The van der Waals surface area contributed by atoms with Crippen molar-refractivity contribution in [2.75, 3.05) is 6.61 Å². The standard InChI is InChI=1S/C12H10N2O/c15-9-1-2-11-3-5-12(6-4-11)14-8-7-13-10-14/h3-8,10,15H,9H2. The van der Waals surface area contributed by atoms with E-state index >= 15 is 0 Å². The van der Waals surface area contributed by atoms with E-state index in [9.17, 15) is 0 Å². The van der Waals surface area contributed by atoms with Gasteiger partial charge in [0.25, 0.3) is 0 Å². The molecule has 1 N–H and O–H groups in total. The zero-order valence-electron chi connectivity index (χ0n) is 8.09. The summed E-state index contributed by atoms with van der Waals surface area (Å²) >= 11 is 0. The fraction of sp³-hybridized carbons (Fsp3) is 0.0833. The molecule has 0 unspecified atom stereocenters. The van der Waals surface area contributed by atoms with Crippen LogP contribution in [0.15, 0.2) is 43.0 Å². The lowest BCUT2D eigenvalue weighted by Crippen LogP contribution is -1.89. The predicted molar refractivity (Wildman–Crippen MR) is 57.5 cm³/mol. The molecule has 0 aliphatic rings. The molecule has 0 amide bonds. The minimum atomic E-state index is -0.108. The fourth-order valence-electron chi connectivity index (χ4n) is 1.27. The van der Waals surface area contributed by atoms with Crippen LogP contribution in [0.2, 0.25) is 0 Å². The van der Waals surface area contributed by atoms with Crippen molar-refractivity contribution in [3.05, 3.63) is 48.5 Å². The second kappa shape index (κ2) is 4.45. The molecule has 74 valence electrons. The van der Waals surface area contributed by atoms with Gasteiger partial charge >= 0.3 is 0 Å². The molecule has 2 aromatic rings. The highest BCUT2D eigenvalue weighted by Gasteiger charge is 1.93. The highest BCUT2D eigenvalue weighted by atomic mass is 16.2. The summed E-state index contributed by atoms with van der Waals surface area (Å²) in [5.41, 5.74) is 1.94. The zero-order chi connectivity index (χ0) is 10.5. The van der Waals surface area contributed by atoms with E-state index in [1.165, 1.54) is 0 Å². The third-order valence-corrected chi connectivity index (χ3v) is 1.98. The van der Waals surface area contributed by atoms with Crippen molar-refractivity contribution in [1.82, 2.24) is 9.55 Å². The molecule has 15 heavy (non-hydrogen) atoms. The summed E-state index contributed by atoms with van der Waals surface area (Å²) in [4.78, 5) is 3.97. The average molecular weight is 198 g/mol. The van der Waals surface area contributed by atoms with Crippen LogP contribution in [-0.2, 0) is 0 Å². The molecule has 0 bridgehead atoms. The third-order valence-electron chi connectivity index (χ3n) is 1.98. The van der Waals surface area contributed by atoms with Crippen LogP contribution in [0, 0.1) is 11.8 Å². The van der Waals surface area contributed by atoms with Gasteiger partial charge in [-0.3, -0.25) is 0 Å². The van der Waals surface area contributed by atoms with Crippen LogP contribution in [0.1, 0.15) is 5.56 Å². The van der Waals surface area contributed by atoms with Gasteiger partial charge in [0.2, 0.25) is 0 Å². The van der Waals surface area contributed by atoms with Crippen LogP contribution in [0.3, 0.4) is 0 Å². The minimum Gasteiger partial charge on any atom is -0.384 e. The number of nitrogens with zero attached hydrogens (tertiary/aromatic N) is 2. The van der Waals surface area contributed by atoms with Crippen LogP contribution < -0.4 is 0 Å². The number of hydrogen-bond donors (Lipinski definition) is 1. The van der Waals surface area contributed by atoms with Crippen molar-refractivity contribution in [2.24, 2.45) is 0 Å². The molecule has 0 atom stereocenters. The number of aromatic nitrogens is 2. The second-order valence-electron chi connectivity index (χ2n) is 2.98. The molecule has 1 heterocycles. The van der Waals surface area contributed by atoms with Crippen molar-refractivity contribution in [1.29, 1.82) is 0 Å². The largest absolute Gasteiger partial charge is 0.384 e. The monoisotopic (exact) mass is 198 g/mol. The Bertz CT molecular complexity index is 475. The molecular weight excluding hydrogens is 188 g/mol. The summed E-state index contributed by atoms with van der Waals surface area (Å²) in [5, 5.41) is 8.55. The first-order chi connectivity index (χ1) is 7.40. The molecule has 0 aliphatic carbocycles. The van der Waals surface area contributed by atoms with Gasteiger partial charge in [0.05, 0.1) is 6.33 Å². The highest BCUT2D eigenvalue weighted by molar-refractivity contribution is 5.41. The first-order valence-corrected chi connectivity index (χ1v) is 4.58. The molecule has 3 nitrogen and oxygen atoms in total. The van der Waals surface area contributed by atoms with Crippen LogP contribution in [-0.4, -0.2) is 21.3 Å². The van der Waals surface area contributed by atoms with Crippen LogP contribution in [0.4, 0.5) is 0 Å². The Morgan fingerprint density at radius 1 is 1.27 bits per heavy atom. The molecule has 0 fully saturated rings. The Labute approximate surface area is 88.0 Å². The summed E-state index contributed by atoms with van der Waals surface area (Å²) < 4.78 is 1.92. The van der Waals surface area contributed by atoms with E-state index in [0.717, 1.165) is 11.3 Å². The lowest BCUT2D eigenvalue weighted by Gasteiger charge is -2.00. The summed E-state index contributed by atoms with van der Waals surface area (Å²) in [6.07, 6.45) is 5.36. The Kier molecular flexibility index (Phi) is 2.82. The van der Waals surface area contributed by atoms with Gasteiger partial charge in [-0.05, 0) is 24.3 Å². The molecule has 0 saturated carbocycles. The van der Waals surface area contributed by atoms with Crippen molar-refractivity contribution in [3.8, 4) is 17.5 Å². The van der Waals surface area contributed by atoms with Gasteiger partial charge in [0.1, 0.15) is 6.61 Å². The third kappa shape index (κ3) is 2.25. The highest BCUT2D eigenvalue weighted by Crippen LogP contribution is 2.08. The van der Waals surface area contributed by atoms with Gasteiger partial charge in [0.15, 0.2) is 0 Å². The van der Waals surface area contributed by atoms with E-state index in [1.54, 1.807) is 12.5 Å². The second-order valence-corrected chi connectivity index (χ2v) is 2.98. The van der Waals surface area contributed by atoms with Crippen molar-refractivity contribution >= 4 is 0 Å². The van der Waals surface area contributed by atoms with Gasteiger partial charge in [0, 0.05) is 23.6 Å². The molecular formula is C12H10N2O. The number of aliphatic hydroxyl groups is 1. The fourth-order valence-corrected chi connectivity index (χ4v) is 1.27. The number of rotatable bonds is 1. The molecule has 0 spiro atoms. The number of hydrogen-bond acceptors (Lipinski definition) is 2. The van der Waals surface area contributed by atoms with E-state index in [-0.39, 0.29) is 6.61 Å². The normalized spacial score (nSPS) is 9.40. The maximum atomic E-state index is 8.55. The molecule has 0 radical (unpaired) electrons. The number of imidazole rings is 1. The number of aliphatic hydroxyl groups excluding tert-OH is 1. The SMILES string of the molecule is OCC#Cc1ccc(-n2ccnc2)cc1. The first-order valence-electron chi connectivity index (χ1n) is 4.58. The first kappa shape index (κ1) is 9.50. The van der Waals surface area contributed by atoms with E-state index in [2.05, 4.69) is 16.8 Å². The zero-order valence-corrected chi connectivity index (χ0v) is 8.09.